The van der Waals surface area contributed by atoms with E-state index >= 15 is 0 Å². The van der Waals surface area contributed by atoms with E-state index in [0.717, 1.165) is 21.7 Å². The normalized spacial score (nSPS) is 10.8. The van der Waals surface area contributed by atoms with Crippen LogP contribution in [0.15, 0.2) is 48.1 Å². The van der Waals surface area contributed by atoms with Crippen LogP contribution in [0.25, 0.3) is 16.5 Å². The molecule has 9 heteroatoms. The number of nitrogens with one attached hydrogen (secondary N) is 1. The number of para-hydroxylation sites is 1. The molecule has 4 aromatic rings. The first-order valence-corrected chi connectivity index (χ1v) is 10.8. The molecule has 0 aliphatic carbocycles. The van der Waals surface area contributed by atoms with Gasteiger partial charge in [0.25, 0.3) is 11.9 Å². The van der Waals surface area contributed by atoms with Gasteiger partial charge in [0.1, 0.15) is 0 Å². The maximum absolute atomic E-state index is 12.9. The highest BCUT2D eigenvalue weighted by molar-refractivity contribution is 7.13. The fraction of sp³-hybridized carbons (Fsp3) is 0.217. The molecule has 0 saturated carbocycles. The molecule has 0 saturated heterocycles. The van der Waals surface area contributed by atoms with Gasteiger partial charge in [0, 0.05) is 18.3 Å². The number of ether oxygens (including phenoxy) is 2. The zero-order valence-electron chi connectivity index (χ0n) is 18.2. The van der Waals surface area contributed by atoms with Crippen molar-refractivity contribution in [1.82, 2.24) is 25.1 Å². The predicted molar refractivity (Wildman–Crippen MR) is 123 cm³/mol. The molecule has 0 bridgehead atoms. The van der Waals surface area contributed by atoms with E-state index in [-0.39, 0.29) is 12.5 Å². The minimum absolute atomic E-state index is 0.246. The van der Waals surface area contributed by atoms with Crippen molar-refractivity contribution >= 4 is 17.2 Å². The molecule has 0 atom stereocenters. The summed E-state index contributed by atoms with van der Waals surface area (Å²) in [6.07, 6.45) is 3.30. The Balaban J connectivity index is 1.56. The van der Waals surface area contributed by atoms with Gasteiger partial charge < -0.3 is 14.8 Å². The zero-order valence-corrected chi connectivity index (χ0v) is 19.1. The lowest BCUT2D eigenvalue weighted by atomic mass is 10.1. The molecule has 1 aromatic carbocycles. The van der Waals surface area contributed by atoms with Crippen LogP contribution >= 0.6 is 11.3 Å². The first-order chi connectivity index (χ1) is 15.5. The summed E-state index contributed by atoms with van der Waals surface area (Å²) in [5.41, 5.74) is 3.75. The number of benzene rings is 1. The van der Waals surface area contributed by atoms with Gasteiger partial charge in [0.15, 0.2) is 11.5 Å². The molecular weight excluding hydrogens is 426 g/mol. The molecule has 1 N–H and O–H groups in total. The van der Waals surface area contributed by atoms with E-state index in [9.17, 15) is 4.79 Å². The van der Waals surface area contributed by atoms with Crippen LogP contribution in [0.5, 0.6) is 11.5 Å². The standard InChI is InChI=1S/C23H23N5O3S/c1-14-11-25-23(27-20(14)19-9-6-10-32-19)28-15(2)17(13-26-28)22(29)24-12-16-7-5-8-18(30-3)21(16)31-4/h5-11,13H,12H2,1-4H3,(H,24,29). The Hall–Kier alpha value is -3.72. The van der Waals surface area contributed by atoms with Crippen LogP contribution in [0, 0.1) is 13.8 Å². The molecule has 0 spiro atoms. The molecule has 3 heterocycles. The molecule has 0 fully saturated rings. The number of carbonyl (C=O) groups is 1. The number of hydrogen-bond acceptors (Lipinski definition) is 7. The fourth-order valence-corrected chi connectivity index (χ4v) is 4.17. The molecule has 0 aliphatic rings. The van der Waals surface area contributed by atoms with Crippen molar-refractivity contribution in [3.63, 3.8) is 0 Å². The highest BCUT2D eigenvalue weighted by atomic mass is 32.1. The van der Waals surface area contributed by atoms with Crippen LogP contribution in [-0.4, -0.2) is 39.9 Å². The van der Waals surface area contributed by atoms with Crippen molar-refractivity contribution in [2.45, 2.75) is 20.4 Å². The summed E-state index contributed by atoms with van der Waals surface area (Å²) in [5, 5.41) is 9.30. The van der Waals surface area contributed by atoms with E-state index in [1.165, 1.54) is 6.20 Å². The Morgan fingerprint density at radius 1 is 1.12 bits per heavy atom. The second kappa shape index (κ2) is 9.19. The van der Waals surface area contributed by atoms with Gasteiger partial charge in [0.05, 0.1) is 42.2 Å². The number of amides is 1. The molecule has 164 valence electrons. The number of methoxy groups -OCH3 is 2. The number of nitrogens with zero attached hydrogens (tertiary/aromatic N) is 4. The van der Waals surface area contributed by atoms with Gasteiger partial charge in [-0.2, -0.15) is 5.10 Å². The summed E-state index contributed by atoms with van der Waals surface area (Å²) >= 11 is 1.62. The second-order valence-corrected chi connectivity index (χ2v) is 8.02. The molecule has 0 aliphatic heterocycles. The third-order valence-electron chi connectivity index (χ3n) is 5.08. The Bertz CT molecular complexity index is 1250. The lowest BCUT2D eigenvalue weighted by molar-refractivity contribution is 0.0950. The van der Waals surface area contributed by atoms with Crippen LogP contribution in [0.2, 0.25) is 0 Å². The summed E-state index contributed by atoms with van der Waals surface area (Å²) in [6, 6.07) is 9.55. The van der Waals surface area contributed by atoms with Crippen LogP contribution in [0.3, 0.4) is 0 Å². The zero-order chi connectivity index (χ0) is 22.7. The molecule has 0 radical (unpaired) electrons. The number of thiophene rings is 1. The SMILES string of the molecule is COc1cccc(CNC(=O)c2cnn(-c3ncc(C)c(-c4cccs4)n3)c2C)c1OC. The number of rotatable bonds is 7. The monoisotopic (exact) mass is 449 g/mol. The van der Waals surface area contributed by atoms with Gasteiger partial charge >= 0.3 is 0 Å². The predicted octanol–water partition coefficient (Wildman–Crippen LogP) is 3.95. The minimum atomic E-state index is -0.246. The third kappa shape index (κ3) is 4.06. The molecule has 1 amide bonds. The maximum atomic E-state index is 12.9. The van der Waals surface area contributed by atoms with Crippen LogP contribution in [-0.2, 0) is 6.54 Å². The van der Waals surface area contributed by atoms with Gasteiger partial charge in [-0.05, 0) is 36.9 Å². The topological polar surface area (TPSA) is 91.2 Å². The van der Waals surface area contributed by atoms with Crippen molar-refractivity contribution in [3.8, 4) is 28.0 Å². The molecule has 3 aromatic heterocycles. The van der Waals surface area contributed by atoms with Gasteiger partial charge in [-0.3, -0.25) is 4.79 Å². The second-order valence-electron chi connectivity index (χ2n) is 7.07. The average Bonchev–Trinajstić information content (AvgIpc) is 3.47. The van der Waals surface area contributed by atoms with Crippen molar-refractivity contribution in [2.75, 3.05) is 14.2 Å². The van der Waals surface area contributed by atoms with E-state index in [4.69, 9.17) is 14.5 Å². The third-order valence-corrected chi connectivity index (χ3v) is 5.96. The fourth-order valence-electron chi connectivity index (χ4n) is 3.40. The lowest BCUT2D eigenvalue weighted by Gasteiger charge is -2.13. The minimum Gasteiger partial charge on any atom is -0.493 e. The smallest absolute Gasteiger partial charge is 0.255 e. The summed E-state index contributed by atoms with van der Waals surface area (Å²) in [4.78, 5) is 23.0. The van der Waals surface area contributed by atoms with E-state index < -0.39 is 0 Å². The molecule has 4 rings (SSSR count). The van der Waals surface area contributed by atoms with Gasteiger partial charge in [-0.1, -0.05) is 18.2 Å². The van der Waals surface area contributed by atoms with Crippen LogP contribution < -0.4 is 14.8 Å². The summed E-state index contributed by atoms with van der Waals surface area (Å²) in [7, 11) is 3.15. The highest BCUT2D eigenvalue weighted by Crippen LogP contribution is 2.30. The molecule has 32 heavy (non-hydrogen) atoms. The average molecular weight is 450 g/mol. The first-order valence-electron chi connectivity index (χ1n) is 9.94. The number of hydrogen-bond donors (Lipinski definition) is 1. The van der Waals surface area contributed by atoms with E-state index in [2.05, 4.69) is 15.4 Å². The lowest BCUT2D eigenvalue weighted by Crippen LogP contribution is -2.23. The quantitative estimate of drug-likeness (QED) is 0.459. The van der Waals surface area contributed by atoms with Gasteiger partial charge in [-0.25, -0.2) is 14.6 Å². The maximum Gasteiger partial charge on any atom is 0.255 e. The first kappa shape index (κ1) is 21.5. The van der Waals surface area contributed by atoms with Crippen molar-refractivity contribution in [2.24, 2.45) is 0 Å². The van der Waals surface area contributed by atoms with Crippen LogP contribution in [0.4, 0.5) is 0 Å². The number of aryl methyl sites for hydroxylation is 1. The summed E-state index contributed by atoms with van der Waals surface area (Å²) in [5.74, 6) is 1.38. The molecule has 8 nitrogen and oxygen atoms in total. The Morgan fingerprint density at radius 3 is 2.69 bits per heavy atom. The number of carbonyl (C=O) groups excluding carboxylic acids is 1. The van der Waals surface area contributed by atoms with E-state index in [1.54, 1.807) is 36.4 Å². The van der Waals surface area contributed by atoms with E-state index in [1.807, 2.05) is 49.6 Å². The Labute approximate surface area is 189 Å². The highest BCUT2D eigenvalue weighted by Gasteiger charge is 2.18. The van der Waals surface area contributed by atoms with Gasteiger partial charge in [-0.15, -0.1) is 11.3 Å². The Morgan fingerprint density at radius 2 is 1.97 bits per heavy atom. The van der Waals surface area contributed by atoms with E-state index in [0.29, 0.717) is 28.7 Å². The Kier molecular flexibility index (Phi) is 6.18. The molecule has 0 unspecified atom stereocenters. The van der Waals surface area contributed by atoms with Crippen molar-refractivity contribution in [3.05, 3.63) is 70.5 Å². The summed E-state index contributed by atoms with van der Waals surface area (Å²) < 4.78 is 12.3. The van der Waals surface area contributed by atoms with Gasteiger partial charge in [0.2, 0.25) is 0 Å². The largest absolute Gasteiger partial charge is 0.493 e. The van der Waals surface area contributed by atoms with Crippen molar-refractivity contribution in [1.29, 1.82) is 0 Å². The van der Waals surface area contributed by atoms with Crippen LogP contribution in [0.1, 0.15) is 27.2 Å². The van der Waals surface area contributed by atoms with Crippen molar-refractivity contribution < 1.29 is 14.3 Å². The number of aromatic nitrogens is 4. The molecular formula is C23H23N5O3S. The summed E-state index contributed by atoms with van der Waals surface area (Å²) in [6.45, 7) is 4.08.